The number of hydrogen-bond donors (Lipinski definition) is 1. The topological polar surface area (TPSA) is 41.8 Å². The summed E-state index contributed by atoms with van der Waals surface area (Å²) in [5, 5.41) is 10.7. The van der Waals surface area contributed by atoms with Crippen LogP contribution in [0.4, 0.5) is 5.69 Å². The van der Waals surface area contributed by atoms with Gasteiger partial charge in [-0.3, -0.25) is 0 Å². The number of aryl methyl sites for hydroxylation is 1. The minimum absolute atomic E-state index is 0.220. The lowest BCUT2D eigenvalue weighted by Crippen LogP contribution is -2.08. The third-order valence-corrected chi connectivity index (χ3v) is 6.50. The van der Waals surface area contributed by atoms with Crippen LogP contribution >= 0.6 is 0 Å². The van der Waals surface area contributed by atoms with Gasteiger partial charge in [-0.15, -0.1) is 0 Å². The highest BCUT2D eigenvalue weighted by atomic mass is 16.5. The fraction of sp³-hybridized carbons (Fsp3) is 0.242. The van der Waals surface area contributed by atoms with Crippen molar-refractivity contribution in [2.45, 2.75) is 46.5 Å². The molecule has 3 heteroatoms. The summed E-state index contributed by atoms with van der Waals surface area (Å²) in [7, 11) is 1.68. The minimum atomic E-state index is 0.220. The van der Waals surface area contributed by atoms with Crippen LogP contribution in [0.25, 0.3) is 11.1 Å². The number of aliphatic imine (C=N–C) groups is 1. The molecule has 0 amide bonds. The molecule has 0 spiro atoms. The summed E-state index contributed by atoms with van der Waals surface area (Å²) in [5.41, 5.74) is 8.87. The first kappa shape index (κ1) is 25.2. The molecule has 0 saturated heterocycles. The van der Waals surface area contributed by atoms with E-state index in [1.807, 2.05) is 36.4 Å². The van der Waals surface area contributed by atoms with E-state index < -0.39 is 0 Å². The van der Waals surface area contributed by atoms with Crippen LogP contribution in [0.2, 0.25) is 0 Å². The smallest absolute Gasteiger partial charge is 0.136 e. The predicted octanol–water partition coefficient (Wildman–Crippen LogP) is 8.79. The third kappa shape index (κ3) is 5.06. The lowest BCUT2D eigenvalue weighted by molar-refractivity contribution is 0.415. The molecule has 0 aliphatic carbocycles. The van der Waals surface area contributed by atoms with Crippen LogP contribution in [0.1, 0.15) is 67.3 Å². The van der Waals surface area contributed by atoms with Crippen molar-refractivity contribution in [2.75, 3.05) is 7.11 Å². The molecule has 0 atom stereocenters. The lowest BCUT2D eigenvalue weighted by atomic mass is 9.91. The molecule has 0 bridgehead atoms. The van der Waals surface area contributed by atoms with Gasteiger partial charge in [-0.05, 0) is 53.6 Å². The summed E-state index contributed by atoms with van der Waals surface area (Å²) in [6.07, 6.45) is 0. The number of para-hydroxylation sites is 2. The van der Waals surface area contributed by atoms with Crippen molar-refractivity contribution in [3.63, 3.8) is 0 Å². The SMILES string of the molecule is COc1c(C(=Nc2c(C(C)C)cccc2C(C)C)c2ccccc2)cc(C)cc1-c1ccccc1O. The van der Waals surface area contributed by atoms with E-state index in [2.05, 4.69) is 77.1 Å². The number of nitrogens with zero attached hydrogens (tertiary/aromatic N) is 1. The Morgan fingerprint density at radius 2 is 1.36 bits per heavy atom. The summed E-state index contributed by atoms with van der Waals surface area (Å²) in [5.74, 6) is 1.57. The number of rotatable bonds is 7. The molecule has 184 valence electrons. The molecule has 0 heterocycles. The molecule has 1 N–H and O–H groups in total. The molecule has 36 heavy (non-hydrogen) atoms. The molecule has 0 aliphatic rings. The van der Waals surface area contributed by atoms with E-state index in [0.717, 1.165) is 39.2 Å². The largest absolute Gasteiger partial charge is 0.507 e. The van der Waals surface area contributed by atoms with E-state index in [4.69, 9.17) is 9.73 Å². The minimum Gasteiger partial charge on any atom is -0.507 e. The zero-order chi connectivity index (χ0) is 25.8. The average molecular weight is 478 g/mol. The van der Waals surface area contributed by atoms with E-state index in [1.54, 1.807) is 13.2 Å². The Bertz CT molecular complexity index is 1360. The van der Waals surface area contributed by atoms with Crippen molar-refractivity contribution in [2.24, 2.45) is 4.99 Å². The lowest BCUT2D eigenvalue weighted by Gasteiger charge is -2.20. The van der Waals surface area contributed by atoms with Crippen LogP contribution in [0, 0.1) is 6.92 Å². The summed E-state index contributed by atoms with van der Waals surface area (Å²) in [6, 6.07) is 28.3. The molecule has 0 fully saturated rings. The molecule has 0 unspecified atom stereocenters. The van der Waals surface area contributed by atoms with Gasteiger partial charge >= 0.3 is 0 Å². The average Bonchev–Trinajstić information content (AvgIpc) is 2.87. The molecular formula is C33H35NO2. The van der Waals surface area contributed by atoms with Gasteiger partial charge in [0.05, 0.1) is 18.5 Å². The van der Waals surface area contributed by atoms with Gasteiger partial charge < -0.3 is 9.84 Å². The molecule has 4 aromatic rings. The van der Waals surface area contributed by atoms with Crippen LogP contribution in [0.3, 0.4) is 0 Å². The highest BCUT2D eigenvalue weighted by Gasteiger charge is 2.21. The van der Waals surface area contributed by atoms with Crippen molar-refractivity contribution in [3.8, 4) is 22.6 Å². The number of aromatic hydroxyl groups is 1. The fourth-order valence-electron chi connectivity index (χ4n) is 4.70. The van der Waals surface area contributed by atoms with Crippen molar-refractivity contribution in [1.29, 1.82) is 0 Å². The molecule has 4 aromatic carbocycles. The molecule has 0 radical (unpaired) electrons. The maximum atomic E-state index is 10.7. The fourth-order valence-corrected chi connectivity index (χ4v) is 4.70. The summed E-state index contributed by atoms with van der Waals surface area (Å²) in [4.78, 5) is 5.42. The first-order chi connectivity index (χ1) is 17.3. The Labute approximate surface area is 215 Å². The normalized spacial score (nSPS) is 11.8. The Morgan fingerprint density at radius 1 is 0.750 bits per heavy atom. The number of ether oxygens (including phenoxy) is 1. The highest BCUT2D eigenvalue weighted by Crippen LogP contribution is 2.41. The van der Waals surface area contributed by atoms with Gasteiger partial charge in [-0.1, -0.05) is 94.4 Å². The van der Waals surface area contributed by atoms with Crippen molar-refractivity contribution < 1.29 is 9.84 Å². The number of phenolic OH excluding ortho intramolecular Hbond substituents is 1. The van der Waals surface area contributed by atoms with Gasteiger partial charge in [0.15, 0.2) is 0 Å². The van der Waals surface area contributed by atoms with E-state index >= 15 is 0 Å². The van der Waals surface area contributed by atoms with E-state index in [9.17, 15) is 5.11 Å². The van der Waals surface area contributed by atoms with Crippen LogP contribution < -0.4 is 4.74 Å². The second-order valence-electron chi connectivity index (χ2n) is 9.83. The molecule has 4 rings (SSSR count). The Balaban J connectivity index is 2.09. The Hall–Kier alpha value is -3.85. The maximum Gasteiger partial charge on any atom is 0.136 e. The Kier molecular flexibility index (Phi) is 7.59. The summed E-state index contributed by atoms with van der Waals surface area (Å²) < 4.78 is 6.04. The molecule has 3 nitrogen and oxygen atoms in total. The predicted molar refractivity (Wildman–Crippen MR) is 151 cm³/mol. The monoisotopic (exact) mass is 477 g/mol. The third-order valence-electron chi connectivity index (χ3n) is 6.50. The number of benzene rings is 4. The summed E-state index contributed by atoms with van der Waals surface area (Å²) >= 11 is 0. The molecule has 0 saturated carbocycles. The molecule has 0 aromatic heterocycles. The van der Waals surface area contributed by atoms with Gasteiger partial charge in [0.1, 0.15) is 11.5 Å². The van der Waals surface area contributed by atoms with E-state index in [-0.39, 0.29) is 5.75 Å². The van der Waals surface area contributed by atoms with Crippen molar-refractivity contribution in [1.82, 2.24) is 0 Å². The van der Waals surface area contributed by atoms with Gasteiger partial charge in [0.2, 0.25) is 0 Å². The standard InChI is InChI=1S/C33H35NO2/c1-21(2)25-16-12-17-26(22(3)4)32(25)34-31(24-13-8-7-9-14-24)29-20-23(5)19-28(33(29)36-6)27-15-10-11-18-30(27)35/h7-22,35H,1-6H3. The first-order valence-corrected chi connectivity index (χ1v) is 12.6. The summed E-state index contributed by atoms with van der Waals surface area (Å²) in [6.45, 7) is 10.9. The van der Waals surface area contributed by atoms with Crippen LogP contribution in [0.15, 0.2) is 89.9 Å². The van der Waals surface area contributed by atoms with Crippen LogP contribution in [0.5, 0.6) is 11.5 Å². The van der Waals surface area contributed by atoms with Crippen LogP contribution in [-0.2, 0) is 0 Å². The van der Waals surface area contributed by atoms with Crippen LogP contribution in [-0.4, -0.2) is 17.9 Å². The van der Waals surface area contributed by atoms with Gasteiger partial charge in [-0.25, -0.2) is 4.99 Å². The number of hydrogen-bond acceptors (Lipinski definition) is 3. The van der Waals surface area contributed by atoms with Crippen molar-refractivity contribution in [3.05, 3.63) is 113 Å². The highest BCUT2D eigenvalue weighted by molar-refractivity contribution is 6.16. The van der Waals surface area contributed by atoms with Gasteiger partial charge in [0, 0.05) is 22.3 Å². The Morgan fingerprint density at radius 3 is 1.94 bits per heavy atom. The first-order valence-electron chi connectivity index (χ1n) is 12.6. The second kappa shape index (κ2) is 10.8. The number of methoxy groups -OCH3 is 1. The van der Waals surface area contributed by atoms with E-state index in [1.165, 1.54) is 11.1 Å². The molecule has 0 aliphatic heterocycles. The van der Waals surface area contributed by atoms with Gasteiger partial charge in [-0.2, -0.15) is 0 Å². The maximum absolute atomic E-state index is 10.7. The zero-order valence-corrected chi connectivity index (χ0v) is 22.0. The number of phenols is 1. The molecular weight excluding hydrogens is 442 g/mol. The van der Waals surface area contributed by atoms with Gasteiger partial charge in [0.25, 0.3) is 0 Å². The second-order valence-corrected chi connectivity index (χ2v) is 9.83. The quantitative estimate of drug-likeness (QED) is 0.270. The zero-order valence-electron chi connectivity index (χ0n) is 22.0. The van der Waals surface area contributed by atoms with E-state index in [0.29, 0.717) is 17.6 Å². The van der Waals surface area contributed by atoms with Crippen molar-refractivity contribution >= 4 is 11.4 Å².